The lowest BCUT2D eigenvalue weighted by atomic mass is 10.3. The van der Waals surface area contributed by atoms with Gasteiger partial charge in [0, 0.05) is 0 Å². The lowest BCUT2D eigenvalue weighted by Gasteiger charge is -2.08. The lowest BCUT2D eigenvalue weighted by molar-refractivity contribution is -0.121. The molecule has 1 aromatic heterocycles. The Morgan fingerprint density at radius 3 is 2.77 bits per heavy atom. The second kappa shape index (κ2) is 3.08. The molecule has 4 nitrogen and oxygen atoms in total. The molecule has 0 spiro atoms. The molecule has 0 saturated carbocycles. The van der Waals surface area contributed by atoms with Crippen LogP contribution in [-0.4, -0.2) is 23.2 Å². The van der Waals surface area contributed by atoms with E-state index in [4.69, 9.17) is 11.6 Å². The van der Waals surface area contributed by atoms with Crippen LogP contribution in [0.1, 0.15) is 6.42 Å². The average Bonchev–Trinajstić information content (AvgIpc) is 2.58. The summed E-state index contributed by atoms with van der Waals surface area (Å²) in [5.41, 5.74) is 0. The monoisotopic (exact) mass is 216 g/mol. The molecule has 0 atom stereocenters. The topological polar surface area (TPSA) is 50.3 Å². The molecule has 1 fully saturated rings. The molecule has 0 N–H and O–H groups in total. The van der Waals surface area contributed by atoms with Crippen LogP contribution in [0.25, 0.3) is 0 Å². The summed E-state index contributed by atoms with van der Waals surface area (Å²) < 4.78 is 0.516. The zero-order valence-corrected chi connectivity index (χ0v) is 8.06. The van der Waals surface area contributed by atoms with E-state index in [9.17, 15) is 9.59 Å². The zero-order chi connectivity index (χ0) is 9.42. The quantitative estimate of drug-likeness (QED) is 0.661. The smallest absolute Gasteiger partial charge is 0.236 e. The molecule has 2 heterocycles. The first-order valence-corrected chi connectivity index (χ1v) is 4.79. The van der Waals surface area contributed by atoms with Crippen molar-refractivity contribution in [2.24, 2.45) is 0 Å². The van der Waals surface area contributed by atoms with Crippen LogP contribution in [0, 0.1) is 0 Å². The molecule has 0 bridgehead atoms. The fourth-order valence-electron chi connectivity index (χ4n) is 1.13. The summed E-state index contributed by atoms with van der Waals surface area (Å²) in [6, 6.07) is 0. The lowest BCUT2D eigenvalue weighted by Crippen LogP contribution is -2.24. The number of rotatable bonds is 1. The van der Waals surface area contributed by atoms with Gasteiger partial charge in [-0.2, -0.15) is 0 Å². The minimum atomic E-state index is -0.198. The number of aromatic nitrogens is 1. The third kappa shape index (κ3) is 1.57. The Morgan fingerprint density at radius 1 is 1.54 bits per heavy atom. The largest absolute Gasteiger partial charge is 0.297 e. The fourth-order valence-corrected chi connectivity index (χ4v) is 2.05. The minimum absolute atomic E-state index is 0.0167. The van der Waals surface area contributed by atoms with Crippen molar-refractivity contribution < 1.29 is 9.59 Å². The summed E-state index contributed by atoms with van der Waals surface area (Å²) in [4.78, 5) is 27.4. The molecule has 1 amide bonds. The van der Waals surface area contributed by atoms with E-state index >= 15 is 0 Å². The maximum absolute atomic E-state index is 11.2. The SMILES string of the molecule is O=C1CC(=O)N(c2ncc(Cl)s2)C1. The van der Waals surface area contributed by atoms with E-state index in [1.807, 2.05) is 0 Å². The van der Waals surface area contributed by atoms with Gasteiger partial charge in [-0.3, -0.25) is 14.5 Å². The molecule has 13 heavy (non-hydrogen) atoms. The number of carbonyl (C=O) groups excluding carboxylic acids is 2. The van der Waals surface area contributed by atoms with Crippen molar-refractivity contribution in [3.8, 4) is 0 Å². The van der Waals surface area contributed by atoms with Gasteiger partial charge in [-0.05, 0) is 0 Å². The fraction of sp³-hybridized carbons (Fsp3) is 0.286. The van der Waals surface area contributed by atoms with Crippen LogP contribution < -0.4 is 4.90 Å². The molecule has 0 aliphatic carbocycles. The molecule has 1 aliphatic rings. The first-order chi connectivity index (χ1) is 6.16. The number of carbonyl (C=O) groups is 2. The summed E-state index contributed by atoms with van der Waals surface area (Å²) >= 11 is 6.85. The Balaban J connectivity index is 2.27. The van der Waals surface area contributed by atoms with E-state index < -0.39 is 0 Å². The number of hydrogen-bond acceptors (Lipinski definition) is 4. The predicted octanol–water partition coefficient (Wildman–Crippen LogP) is 1.10. The number of Topliss-reactive ketones (excluding diaryl/α,β-unsaturated/α-hetero) is 1. The highest BCUT2D eigenvalue weighted by Crippen LogP contribution is 2.28. The minimum Gasteiger partial charge on any atom is -0.297 e. The van der Waals surface area contributed by atoms with Crippen molar-refractivity contribution >= 4 is 39.8 Å². The van der Waals surface area contributed by atoms with E-state index in [1.54, 1.807) is 0 Å². The highest BCUT2D eigenvalue weighted by Gasteiger charge is 2.30. The molecule has 0 unspecified atom stereocenters. The average molecular weight is 217 g/mol. The zero-order valence-electron chi connectivity index (χ0n) is 6.49. The second-order valence-electron chi connectivity index (χ2n) is 2.64. The van der Waals surface area contributed by atoms with Crippen molar-refractivity contribution in [2.45, 2.75) is 6.42 Å². The molecule has 0 radical (unpaired) electrons. The highest BCUT2D eigenvalue weighted by molar-refractivity contribution is 7.19. The molecular weight excluding hydrogens is 212 g/mol. The number of halogens is 1. The van der Waals surface area contributed by atoms with Crippen molar-refractivity contribution in [2.75, 3.05) is 11.4 Å². The Bertz CT molecular complexity index is 376. The van der Waals surface area contributed by atoms with E-state index in [-0.39, 0.29) is 24.7 Å². The van der Waals surface area contributed by atoms with Crippen molar-refractivity contribution in [3.63, 3.8) is 0 Å². The van der Waals surface area contributed by atoms with Gasteiger partial charge in [0.1, 0.15) is 4.34 Å². The molecule has 6 heteroatoms. The predicted molar refractivity (Wildman–Crippen MR) is 49.1 cm³/mol. The molecule has 2 rings (SSSR count). The van der Waals surface area contributed by atoms with Crippen LogP contribution in [0.3, 0.4) is 0 Å². The molecular formula is C7H5ClN2O2S. The highest BCUT2D eigenvalue weighted by atomic mass is 35.5. The van der Waals surface area contributed by atoms with Gasteiger partial charge in [-0.1, -0.05) is 22.9 Å². The van der Waals surface area contributed by atoms with Gasteiger partial charge in [-0.15, -0.1) is 0 Å². The van der Waals surface area contributed by atoms with Crippen molar-refractivity contribution in [1.82, 2.24) is 4.98 Å². The van der Waals surface area contributed by atoms with Crippen LogP contribution >= 0.6 is 22.9 Å². The van der Waals surface area contributed by atoms with Crippen molar-refractivity contribution in [3.05, 3.63) is 10.5 Å². The number of thiazole rings is 1. The molecule has 1 saturated heterocycles. The Kier molecular flexibility index (Phi) is 2.05. The number of ketones is 1. The third-order valence-electron chi connectivity index (χ3n) is 1.68. The standard InChI is InChI=1S/C7H5ClN2O2S/c8-5-2-9-7(13-5)10-3-4(11)1-6(10)12/h2H,1,3H2. The number of nitrogens with zero attached hydrogens (tertiary/aromatic N) is 2. The second-order valence-corrected chi connectivity index (χ2v) is 4.28. The molecule has 0 aromatic carbocycles. The van der Waals surface area contributed by atoms with Crippen LogP contribution in [-0.2, 0) is 9.59 Å². The van der Waals surface area contributed by atoms with Crippen LogP contribution in [0.5, 0.6) is 0 Å². The van der Waals surface area contributed by atoms with E-state index in [1.165, 1.54) is 22.4 Å². The van der Waals surface area contributed by atoms with Crippen LogP contribution in [0.4, 0.5) is 5.13 Å². The third-order valence-corrected chi connectivity index (χ3v) is 2.82. The van der Waals surface area contributed by atoms with E-state index in [2.05, 4.69) is 4.98 Å². The maximum atomic E-state index is 11.2. The normalized spacial score (nSPS) is 17.2. The van der Waals surface area contributed by atoms with Gasteiger partial charge in [0.25, 0.3) is 0 Å². The van der Waals surface area contributed by atoms with E-state index in [0.717, 1.165) is 0 Å². The van der Waals surface area contributed by atoms with Gasteiger partial charge in [0.2, 0.25) is 5.91 Å². The summed E-state index contributed by atoms with van der Waals surface area (Å²) in [7, 11) is 0. The van der Waals surface area contributed by atoms with Crippen LogP contribution in [0.15, 0.2) is 6.20 Å². The number of amides is 1. The molecule has 1 aliphatic heterocycles. The maximum Gasteiger partial charge on any atom is 0.236 e. The van der Waals surface area contributed by atoms with E-state index in [0.29, 0.717) is 9.47 Å². The van der Waals surface area contributed by atoms with Gasteiger partial charge in [-0.25, -0.2) is 4.98 Å². The first-order valence-electron chi connectivity index (χ1n) is 3.60. The summed E-state index contributed by atoms with van der Waals surface area (Å²) in [5.74, 6) is -0.271. The van der Waals surface area contributed by atoms with Gasteiger partial charge >= 0.3 is 0 Å². The first kappa shape index (κ1) is 8.65. The Morgan fingerprint density at radius 2 is 2.31 bits per heavy atom. The summed E-state index contributed by atoms with van der Waals surface area (Å²) in [6.07, 6.45) is 1.45. The Hall–Kier alpha value is -0.940. The summed E-state index contributed by atoms with van der Waals surface area (Å²) in [5, 5.41) is 0.501. The molecule has 1 aromatic rings. The van der Waals surface area contributed by atoms with Gasteiger partial charge < -0.3 is 0 Å². The van der Waals surface area contributed by atoms with Gasteiger partial charge in [0.15, 0.2) is 10.9 Å². The van der Waals surface area contributed by atoms with Gasteiger partial charge in [0.05, 0.1) is 19.2 Å². The number of anilines is 1. The van der Waals surface area contributed by atoms with Crippen molar-refractivity contribution in [1.29, 1.82) is 0 Å². The molecule has 68 valence electrons. The van der Waals surface area contributed by atoms with Crippen LogP contribution in [0.2, 0.25) is 4.34 Å². The summed E-state index contributed by atoms with van der Waals surface area (Å²) in [6.45, 7) is 0.128. The Labute approximate surface area is 83.1 Å². The number of hydrogen-bond donors (Lipinski definition) is 0.